The summed E-state index contributed by atoms with van der Waals surface area (Å²) in [4.78, 5) is 8.50. The molecule has 7 heteroatoms. The van der Waals surface area contributed by atoms with E-state index in [2.05, 4.69) is 14.7 Å². The lowest BCUT2D eigenvalue weighted by Gasteiger charge is -2.06. The highest BCUT2D eigenvalue weighted by atomic mass is 32.2. The highest BCUT2D eigenvalue weighted by molar-refractivity contribution is 7.92. The smallest absolute Gasteiger partial charge is 0.284 e. The third-order valence-electron chi connectivity index (χ3n) is 4.03. The van der Waals surface area contributed by atoms with E-state index in [-0.39, 0.29) is 22.5 Å². The SMILES string of the molecule is Cc1cccc(NS(=O)(=O)c2nc(-c3ccccc3)oc2-c2ccccc2)n1. The van der Waals surface area contributed by atoms with E-state index in [0.29, 0.717) is 16.8 Å². The summed E-state index contributed by atoms with van der Waals surface area (Å²) in [6.45, 7) is 1.79. The third kappa shape index (κ3) is 3.65. The number of nitrogens with one attached hydrogen (secondary N) is 1. The summed E-state index contributed by atoms with van der Waals surface area (Å²) in [5.74, 6) is 0.639. The van der Waals surface area contributed by atoms with Crippen molar-refractivity contribution in [2.75, 3.05) is 4.72 Å². The van der Waals surface area contributed by atoms with Crippen LogP contribution in [0.1, 0.15) is 5.69 Å². The van der Waals surface area contributed by atoms with Gasteiger partial charge in [0.2, 0.25) is 10.9 Å². The van der Waals surface area contributed by atoms with Crippen molar-refractivity contribution < 1.29 is 12.8 Å². The van der Waals surface area contributed by atoms with E-state index < -0.39 is 10.0 Å². The molecular formula is C21H17N3O3S. The molecule has 0 saturated heterocycles. The van der Waals surface area contributed by atoms with E-state index >= 15 is 0 Å². The predicted molar refractivity (Wildman–Crippen MR) is 107 cm³/mol. The molecule has 0 aliphatic carbocycles. The Morgan fingerprint density at radius 3 is 2.07 bits per heavy atom. The van der Waals surface area contributed by atoms with Crippen LogP contribution in [0, 0.1) is 6.92 Å². The molecule has 2 aromatic carbocycles. The average Bonchev–Trinajstić information content (AvgIpc) is 3.16. The molecule has 6 nitrogen and oxygen atoms in total. The van der Waals surface area contributed by atoms with Gasteiger partial charge < -0.3 is 4.42 Å². The first kappa shape index (κ1) is 17.9. The van der Waals surface area contributed by atoms with Crippen LogP contribution in [0.4, 0.5) is 5.82 Å². The Balaban J connectivity index is 1.83. The van der Waals surface area contributed by atoms with Crippen molar-refractivity contribution in [3.05, 3.63) is 84.6 Å². The third-order valence-corrected chi connectivity index (χ3v) is 5.30. The summed E-state index contributed by atoms with van der Waals surface area (Å²) in [6.07, 6.45) is 0. The molecule has 0 amide bonds. The predicted octanol–water partition coefficient (Wildman–Crippen LogP) is 4.51. The lowest BCUT2D eigenvalue weighted by molar-refractivity contribution is 0.581. The molecule has 28 heavy (non-hydrogen) atoms. The monoisotopic (exact) mass is 391 g/mol. The maximum Gasteiger partial charge on any atom is 0.284 e. The van der Waals surface area contributed by atoms with Gasteiger partial charge in [-0.05, 0) is 31.2 Å². The largest absolute Gasteiger partial charge is 0.435 e. The number of hydrogen-bond donors (Lipinski definition) is 1. The van der Waals surface area contributed by atoms with E-state index in [4.69, 9.17) is 4.42 Å². The molecule has 1 N–H and O–H groups in total. The fourth-order valence-corrected chi connectivity index (χ4v) is 3.84. The molecule has 0 radical (unpaired) electrons. The van der Waals surface area contributed by atoms with E-state index in [1.54, 1.807) is 37.3 Å². The van der Waals surface area contributed by atoms with Gasteiger partial charge in [-0.1, -0.05) is 54.6 Å². The maximum absolute atomic E-state index is 13.1. The molecule has 0 unspecified atom stereocenters. The molecule has 0 saturated carbocycles. The van der Waals surface area contributed by atoms with Crippen LogP contribution in [0.5, 0.6) is 0 Å². The van der Waals surface area contributed by atoms with Gasteiger partial charge in [0, 0.05) is 16.8 Å². The van der Waals surface area contributed by atoms with Crippen molar-refractivity contribution in [3.8, 4) is 22.8 Å². The molecule has 2 aromatic heterocycles. The Morgan fingerprint density at radius 2 is 1.43 bits per heavy atom. The molecule has 0 aliphatic rings. The van der Waals surface area contributed by atoms with Gasteiger partial charge in [0.25, 0.3) is 10.0 Å². The number of nitrogens with zero attached hydrogens (tertiary/aromatic N) is 2. The average molecular weight is 391 g/mol. The molecule has 0 spiro atoms. The van der Waals surface area contributed by atoms with Crippen LogP contribution in [0.2, 0.25) is 0 Å². The Labute approximate surface area is 163 Å². The number of benzene rings is 2. The molecular weight excluding hydrogens is 374 g/mol. The summed E-state index contributed by atoms with van der Waals surface area (Å²) < 4.78 is 34.5. The second-order valence-corrected chi connectivity index (χ2v) is 7.75. The van der Waals surface area contributed by atoms with Gasteiger partial charge in [-0.3, -0.25) is 4.72 Å². The van der Waals surface area contributed by atoms with Crippen LogP contribution in [0.3, 0.4) is 0 Å². The number of anilines is 1. The van der Waals surface area contributed by atoms with Gasteiger partial charge in [-0.25, -0.2) is 4.98 Å². The Hall–Kier alpha value is -3.45. The van der Waals surface area contributed by atoms with Gasteiger partial charge in [-0.15, -0.1) is 0 Å². The van der Waals surface area contributed by atoms with E-state index in [1.807, 2.05) is 48.5 Å². The quantitative estimate of drug-likeness (QED) is 0.541. The highest BCUT2D eigenvalue weighted by Gasteiger charge is 2.28. The van der Waals surface area contributed by atoms with E-state index in [9.17, 15) is 8.42 Å². The van der Waals surface area contributed by atoms with Crippen LogP contribution >= 0.6 is 0 Å². The minimum absolute atomic E-state index is 0.180. The van der Waals surface area contributed by atoms with Crippen molar-refractivity contribution in [3.63, 3.8) is 0 Å². The fraction of sp³-hybridized carbons (Fsp3) is 0.0476. The first-order valence-corrected chi connectivity index (χ1v) is 10.1. The Morgan fingerprint density at radius 1 is 0.786 bits per heavy atom. The number of aryl methyl sites for hydroxylation is 1. The lowest BCUT2D eigenvalue weighted by Crippen LogP contribution is -2.15. The van der Waals surface area contributed by atoms with Crippen molar-refractivity contribution >= 4 is 15.8 Å². The van der Waals surface area contributed by atoms with Crippen LogP contribution in [-0.4, -0.2) is 18.4 Å². The summed E-state index contributed by atoms with van der Waals surface area (Å²) in [7, 11) is -4.01. The number of rotatable bonds is 5. The van der Waals surface area contributed by atoms with Crippen LogP contribution in [-0.2, 0) is 10.0 Å². The zero-order valence-electron chi connectivity index (χ0n) is 15.0. The molecule has 4 rings (SSSR count). The molecule has 0 atom stereocenters. The molecule has 2 heterocycles. The molecule has 4 aromatic rings. The molecule has 0 bridgehead atoms. The Bertz CT molecular complexity index is 1200. The maximum atomic E-state index is 13.1. The van der Waals surface area contributed by atoms with E-state index in [1.165, 1.54) is 0 Å². The van der Waals surface area contributed by atoms with Gasteiger partial charge in [0.05, 0.1) is 0 Å². The standard InChI is InChI=1S/C21H17N3O3S/c1-15-9-8-14-18(22-15)24-28(25,26)21-19(16-10-4-2-5-11-16)27-20(23-21)17-12-6-3-7-13-17/h2-14H,1H3,(H,22,24). The molecule has 140 valence electrons. The zero-order chi connectivity index (χ0) is 19.6. The van der Waals surface area contributed by atoms with Crippen molar-refractivity contribution in [1.29, 1.82) is 0 Å². The van der Waals surface area contributed by atoms with Crippen molar-refractivity contribution in [1.82, 2.24) is 9.97 Å². The Kier molecular flexibility index (Phi) is 4.67. The highest BCUT2D eigenvalue weighted by Crippen LogP contribution is 2.33. The van der Waals surface area contributed by atoms with E-state index in [0.717, 1.165) is 0 Å². The summed E-state index contributed by atoms with van der Waals surface area (Å²) in [5.41, 5.74) is 2.01. The second kappa shape index (κ2) is 7.28. The molecule has 0 fully saturated rings. The minimum Gasteiger partial charge on any atom is -0.435 e. The van der Waals surface area contributed by atoms with Crippen LogP contribution in [0.25, 0.3) is 22.8 Å². The first-order chi connectivity index (χ1) is 13.5. The van der Waals surface area contributed by atoms with Gasteiger partial charge in [0.15, 0.2) is 5.76 Å². The van der Waals surface area contributed by atoms with Crippen LogP contribution in [0.15, 0.2) is 88.3 Å². The van der Waals surface area contributed by atoms with Crippen molar-refractivity contribution in [2.24, 2.45) is 0 Å². The normalized spacial score (nSPS) is 11.3. The number of pyridine rings is 1. The number of oxazole rings is 1. The van der Waals surface area contributed by atoms with Gasteiger partial charge >= 0.3 is 0 Å². The minimum atomic E-state index is -4.01. The summed E-state index contributed by atoms with van der Waals surface area (Å²) >= 11 is 0. The molecule has 0 aliphatic heterocycles. The number of aromatic nitrogens is 2. The number of hydrogen-bond acceptors (Lipinski definition) is 5. The first-order valence-electron chi connectivity index (χ1n) is 8.61. The number of sulfonamides is 1. The second-order valence-electron chi connectivity index (χ2n) is 6.16. The summed E-state index contributed by atoms with van der Waals surface area (Å²) in [5, 5.41) is -0.180. The topological polar surface area (TPSA) is 85.1 Å². The van der Waals surface area contributed by atoms with Crippen LogP contribution < -0.4 is 4.72 Å². The summed E-state index contributed by atoms with van der Waals surface area (Å²) in [6, 6.07) is 23.3. The lowest BCUT2D eigenvalue weighted by atomic mass is 10.2. The van der Waals surface area contributed by atoms with Crippen molar-refractivity contribution in [2.45, 2.75) is 11.9 Å². The zero-order valence-corrected chi connectivity index (χ0v) is 15.8. The van der Waals surface area contributed by atoms with Gasteiger partial charge in [-0.2, -0.15) is 13.4 Å². The van der Waals surface area contributed by atoms with Gasteiger partial charge in [0.1, 0.15) is 5.82 Å². The fourth-order valence-electron chi connectivity index (χ4n) is 2.75.